The second-order valence-corrected chi connectivity index (χ2v) is 5.53. The van der Waals surface area contributed by atoms with Crippen LogP contribution in [0.3, 0.4) is 0 Å². The maximum absolute atomic E-state index is 12.2. The molecule has 2 heterocycles. The van der Waals surface area contributed by atoms with Crippen molar-refractivity contribution in [2.75, 3.05) is 19.6 Å². The van der Waals surface area contributed by atoms with E-state index in [0.29, 0.717) is 34.6 Å². The van der Waals surface area contributed by atoms with Gasteiger partial charge in [-0.3, -0.25) is 4.79 Å². The number of amides is 1. The molecule has 0 bridgehead atoms. The van der Waals surface area contributed by atoms with E-state index in [4.69, 9.17) is 11.6 Å². The van der Waals surface area contributed by atoms with Gasteiger partial charge in [-0.05, 0) is 19.1 Å². The number of para-hydroxylation sites is 1. The van der Waals surface area contributed by atoms with E-state index in [9.17, 15) is 4.79 Å². The Labute approximate surface area is 127 Å². The fourth-order valence-corrected chi connectivity index (χ4v) is 2.42. The van der Waals surface area contributed by atoms with Crippen molar-refractivity contribution in [3.8, 4) is 5.69 Å². The van der Waals surface area contributed by atoms with Crippen molar-refractivity contribution in [2.24, 2.45) is 5.92 Å². The molecule has 1 aromatic carbocycles. The van der Waals surface area contributed by atoms with E-state index in [1.165, 1.54) is 0 Å². The van der Waals surface area contributed by atoms with Crippen LogP contribution in [-0.4, -0.2) is 40.5 Å². The lowest BCUT2D eigenvalue weighted by atomic mass is 10.0. The van der Waals surface area contributed by atoms with E-state index in [2.05, 4.69) is 20.9 Å². The van der Waals surface area contributed by atoms with E-state index >= 15 is 0 Å². The molecule has 1 amide bonds. The lowest BCUT2D eigenvalue weighted by Gasteiger charge is -2.26. The molecule has 0 radical (unpaired) electrons. The van der Waals surface area contributed by atoms with Gasteiger partial charge in [0.05, 0.1) is 16.4 Å². The van der Waals surface area contributed by atoms with E-state index in [0.717, 1.165) is 13.1 Å². The van der Waals surface area contributed by atoms with Gasteiger partial charge in [0, 0.05) is 25.6 Å². The van der Waals surface area contributed by atoms with Crippen molar-refractivity contribution in [2.45, 2.75) is 6.92 Å². The van der Waals surface area contributed by atoms with Gasteiger partial charge in [0.15, 0.2) is 5.69 Å². The molecule has 0 unspecified atom stereocenters. The average molecular weight is 306 g/mol. The summed E-state index contributed by atoms with van der Waals surface area (Å²) in [6, 6.07) is 7.33. The maximum Gasteiger partial charge on any atom is 0.273 e. The van der Waals surface area contributed by atoms with Gasteiger partial charge in [0.1, 0.15) is 0 Å². The lowest BCUT2D eigenvalue weighted by Crippen LogP contribution is -2.48. The molecule has 6 nitrogen and oxygen atoms in total. The molecule has 1 aliphatic heterocycles. The molecule has 1 saturated heterocycles. The predicted molar refractivity (Wildman–Crippen MR) is 79.8 cm³/mol. The summed E-state index contributed by atoms with van der Waals surface area (Å²) >= 11 is 6.15. The fraction of sp³-hybridized carbons (Fsp3) is 0.357. The quantitative estimate of drug-likeness (QED) is 0.890. The Hall–Kier alpha value is -1.92. The molecule has 0 spiro atoms. The minimum absolute atomic E-state index is 0.197. The second-order valence-electron chi connectivity index (χ2n) is 5.12. The summed E-state index contributed by atoms with van der Waals surface area (Å²) in [6.45, 7) is 4.37. The van der Waals surface area contributed by atoms with E-state index in [-0.39, 0.29) is 5.91 Å². The molecule has 110 valence electrons. The molecule has 2 aromatic rings. The first kappa shape index (κ1) is 14.0. The van der Waals surface area contributed by atoms with Gasteiger partial charge in [-0.2, -0.15) is 0 Å². The molecule has 0 atom stereocenters. The summed E-state index contributed by atoms with van der Waals surface area (Å²) in [5, 5.41) is 14.7. The molecule has 0 aliphatic carbocycles. The first-order chi connectivity index (χ1) is 10.2. The fourth-order valence-electron chi connectivity index (χ4n) is 2.20. The second kappa shape index (κ2) is 5.83. The Morgan fingerprint density at radius 3 is 2.90 bits per heavy atom. The Morgan fingerprint density at radius 1 is 1.48 bits per heavy atom. The number of hydrogen-bond donors (Lipinski definition) is 2. The van der Waals surface area contributed by atoms with Crippen molar-refractivity contribution in [3.05, 3.63) is 40.7 Å². The molecular weight excluding hydrogens is 290 g/mol. The first-order valence-corrected chi connectivity index (χ1v) is 7.20. The van der Waals surface area contributed by atoms with Crippen molar-refractivity contribution >= 4 is 17.5 Å². The summed E-state index contributed by atoms with van der Waals surface area (Å²) < 4.78 is 1.59. The minimum Gasteiger partial charge on any atom is -0.350 e. The van der Waals surface area contributed by atoms with E-state index < -0.39 is 0 Å². The number of carbonyl (C=O) groups is 1. The van der Waals surface area contributed by atoms with Crippen LogP contribution in [0.25, 0.3) is 5.69 Å². The minimum atomic E-state index is -0.197. The molecule has 0 saturated carbocycles. The number of nitrogens with one attached hydrogen (secondary N) is 2. The zero-order valence-corrected chi connectivity index (χ0v) is 12.4. The van der Waals surface area contributed by atoms with Gasteiger partial charge in [-0.1, -0.05) is 28.9 Å². The highest BCUT2D eigenvalue weighted by Gasteiger charge is 2.21. The number of nitrogens with zero attached hydrogens (tertiary/aromatic N) is 3. The smallest absolute Gasteiger partial charge is 0.273 e. The number of benzene rings is 1. The third-order valence-corrected chi connectivity index (χ3v) is 3.93. The van der Waals surface area contributed by atoms with E-state index in [1.54, 1.807) is 10.7 Å². The Kier molecular flexibility index (Phi) is 3.90. The van der Waals surface area contributed by atoms with Crippen LogP contribution < -0.4 is 10.6 Å². The number of carbonyl (C=O) groups excluding carboxylic acids is 1. The van der Waals surface area contributed by atoms with Crippen LogP contribution in [0.15, 0.2) is 24.3 Å². The monoisotopic (exact) mass is 305 g/mol. The van der Waals surface area contributed by atoms with E-state index in [1.807, 2.05) is 25.1 Å². The first-order valence-electron chi connectivity index (χ1n) is 6.83. The Balaban J connectivity index is 1.78. The highest BCUT2D eigenvalue weighted by molar-refractivity contribution is 6.32. The van der Waals surface area contributed by atoms with Gasteiger partial charge < -0.3 is 10.6 Å². The Morgan fingerprint density at radius 2 is 2.24 bits per heavy atom. The number of halogens is 1. The molecule has 3 rings (SSSR count). The summed E-state index contributed by atoms with van der Waals surface area (Å²) in [7, 11) is 0. The zero-order valence-electron chi connectivity index (χ0n) is 11.6. The Bertz CT molecular complexity index is 665. The summed E-state index contributed by atoms with van der Waals surface area (Å²) in [6.07, 6.45) is 0. The zero-order chi connectivity index (χ0) is 14.8. The topological polar surface area (TPSA) is 71.8 Å². The van der Waals surface area contributed by atoms with Crippen LogP contribution in [0.2, 0.25) is 5.02 Å². The van der Waals surface area contributed by atoms with Gasteiger partial charge >= 0.3 is 0 Å². The highest BCUT2D eigenvalue weighted by atomic mass is 35.5. The van der Waals surface area contributed by atoms with Gasteiger partial charge in [-0.15, -0.1) is 5.10 Å². The van der Waals surface area contributed by atoms with Crippen LogP contribution in [-0.2, 0) is 0 Å². The van der Waals surface area contributed by atoms with Crippen LogP contribution in [0.5, 0.6) is 0 Å². The number of rotatable bonds is 4. The van der Waals surface area contributed by atoms with Crippen LogP contribution in [0.1, 0.15) is 16.2 Å². The third-order valence-electron chi connectivity index (χ3n) is 3.61. The number of aromatic nitrogens is 3. The molecule has 21 heavy (non-hydrogen) atoms. The van der Waals surface area contributed by atoms with Gasteiger partial charge in [0.25, 0.3) is 5.91 Å². The van der Waals surface area contributed by atoms with Crippen LogP contribution in [0, 0.1) is 12.8 Å². The molecule has 1 aromatic heterocycles. The van der Waals surface area contributed by atoms with Gasteiger partial charge in [-0.25, -0.2) is 4.68 Å². The van der Waals surface area contributed by atoms with Gasteiger partial charge in [0.2, 0.25) is 0 Å². The summed E-state index contributed by atoms with van der Waals surface area (Å²) in [5.41, 5.74) is 1.72. The van der Waals surface area contributed by atoms with Crippen LogP contribution in [0.4, 0.5) is 0 Å². The summed E-state index contributed by atoms with van der Waals surface area (Å²) in [5.74, 6) is 0.311. The lowest BCUT2D eigenvalue weighted by molar-refractivity contribution is 0.0936. The molecule has 2 N–H and O–H groups in total. The van der Waals surface area contributed by atoms with Crippen molar-refractivity contribution in [1.82, 2.24) is 25.6 Å². The summed E-state index contributed by atoms with van der Waals surface area (Å²) in [4.78, 5) is 12.2. The largest absolute Gasteiger partial charge is 0.350 e. The third kappa shape index (κ3) is 2.77. The standard InChI is InChI=1S/C14H16ClN5O/c1-9-13(14(21)17-8-10-6-16-7-10)18-19-20(9)12-5-3-2-4-11(12)15/h2-5,10,16H,6-8H2,1H3,(H,17,21). The highest BCUT2D eigenvalue weighted by Crippen LogP contribution is 2.21. The van der Waals surface area contributed by atoms with Crippen molar-refractivity contribution in [3.63, 3.8) is 0 Å². The molecule has 7 heteroatoms. The molecular formula is C14H16ClN5O. The normalized spacial score (nSPS) is 14.8. The SMILES string of the molecule is Cc1c(C(=O)NCC2CNC2)nnn1-c1ccccc1Cl. The molecule has 1 aliphatic rings. The molecule has 1 fully saturated rings. The van der Waals surface area contributed by atoms with Crippen molar-refractivity contribution < 1.29 is 4.79 Å². The van der Waals surface area contributed by atoms with Crippen molar-refractivity contribution in [1.29, 1.82) is 0 Å². The number of hydrogen-bond acceptors (Lipinski definition) is 4. The van der Waals surface area contributed by atoms with Crippen LogP contribution >= 0.6 is 11.6 Å². The maximum atomic E-state index is 12.2. The predicted octanol–water partition coefficient (Wildman–Crippen LogP) is 1.18. The average Bonchev–Trinajstić information content (AvgIpc) is 2.79.